The number of hydrogen-bond donors (Lipinski definition) is 1. The van der Waals surface area contributed by atoms with Gasteiger partial charge in [-0.2, -0.15) is 0 Å². The summed E-state index contributed by atoms with van der Waals surface area (Å²) in [5.74, 6) is 0.168. The highest BCUT2D eigenvalue weighted by molar-refractivity contribution is 7.99. The minimum Gasteiger partial charge on any atom is -0.376 e. The van der Waals surface area contributed by atoms with Crippen molar-refractivity contribution in [2.24, 2.45) is 0 Å². The van der Waals surface area contributed by atoms with Gasteiger partial charge in [-0.3, -0.25) is 14.2 Å². The van der Waals surface area contributed by atoms with Crippen LogP contribution in [0.3, 0.4) is 0 Å². The van der Waals surface area contributed by atoms with Crippen LogP contribution in [0.2, 0.25) is 5.02 Å². The highest BCUT2D eigenvalue weighted by atomic mass is 35.5. The van der Waals surface area contributed by atoms with Crippen molar-refractivity contribution in [2.45, 2.75) is 56.8 Å². The molecule has 0 bridgehead atoms. The number of aromatic nitrogens is 2. The van der Waals surface area contributed by atoms with E-state index in [0.29, 0.717) is 34.2 Å². The molecule has 0 radical (unpaired) electrons. The fourth-order valence-electron chi connectivity index (χ4n) is 3.22. The second-order valence-electron chi connectivity index (χ2n) is 6.95. The van der Waals surface area contributed by atoms with Gasteiger partial charge in [0.2, 0.25) is 5.91 Å². The highest BCUT2D eigenvalue weighted by Gasteiger charge is 2.20. The first-order valence-electron chi connectivity index (χ1n) is 9.79. The molecule has 152 valence electrons. The Morgan fingerprint density at radius 2 is 2.29 bits per heavy atom. The summed E-state index contributed by atoms with van der Waals surface area (Å²) >= 11 is 7.35. The molecule has 1 fully saturated rings. The van der Waals surface area contributed by atoms with Gasteiger partial charge >= 0.3 is 0 Å². The molecule has 1 aliphatic rings. The molecule has 0 unspecified atom stereocenters. The molecule has 1 aromatic heterocycles. The van der Waals surface area contributed by atoms with Crippen molar-refractivity contribution >= 4 is 40.2 Å². The smallest absolute Gasteiger partial charge is 0.262 e. The number of thioether (sulfide) groups is 1. The monoisotopic (exact) mass is 423 g/mol. The lowest BCUT2D eigenvalue weighted by molar-refractivity contribution is -0.118. The van der Waals surface area contributed by atoms with Crippen LogP contribution in [0.15, 0.2) is 28.2 Å². The van der Waals surface area contributed by atoms with Gasteiger partial charge < -0.3 is 10.1 Å². The molecule has 1 aromatic carbocycles. The second-order valence-corrected chi connectivity index (χ2v) is 8.33. The van der Waals surface area contributed by atoms with E-state index in [2.05, 4.69) is 17.2 Å². The van der Waals surface area contributed by atoms with Crippen LogP contribution in [0.5, 0.6) is 0 Å². The molecule has 28 heavy (non-hydrogen) atoms. The summed E-state index contributed by atoms with van der Waals surface area (Å²) in [5, 5.41) is 4.50. The van der Waals surface area contributed by atoms with Crippen LogP contribution >= 0.6 is 23.4 Å². The number of carbonyl (C=O) groups excluding carboxylic acids is 1. The molecule has 2 aromatic rings. The molecule has 3 rings (SSSR count). The largest absolute Gasteiger partial charge is 0.376 e. The number of ether oxygens (including phenoxy) is 1. The third-order valence-corrected chi connectivity index (χ3v) is 5.94. The molecule has 1 saturated heterocycles. The first kappa shape index (κ1) is 21.1. The minimum absolute atomic E-state index is 0.00599. The Morgan fingerprint density at radius 1 is 1.43 bits per heavy atom. The van der Waals surface area contributed by atoms with Crippen molar-refractivity contribution < 1.29 is 9.53 Å². The van der Waals surface area contributed by atoms with Crippen molar-refractivity contribution in [1.29, 1.82) is 0 Å². The molecule has 0 aliphatic carbocycles. The van der Waals surface area contributed by atoms with Crippen molar-refractivity contribution in [3.05, 3.63) is 33.6 Å². The van der Waals surface area contributed by atoms with Gasteiger partial charge in [0.1, 0.15) is 0 Å². The number of carbonyl (C=O) groups is 1. The van der Waals surface area contributed by atoms with Crippen LogP contribution in [0, 0.1) is 0 Å². The average molecular weight is 424 g/mol. The number of benzene rings is 1. The Morgan fingerprint density at radius 3 is 3.04 bits per heavy atom. The Kier molecular flexibility index (Phi) is 7.76. The molecule has 1 atom stereocenters. The first-order valence-corrected chi connectivity index (χ1v) is 11.2. The van der Waals surface area contributed by atoms with Crippen LogP contribution in [0.25, 0.3) is 10.9 Å². The number of hydrogen-bond acceptors (Lipinski definition) is 5. The summed E-state index contributed by atoms with van der Waals surface area (Å²) in [5.41, 5.74) is 0.426. The van der Waals surface area contributed by atoms with E-state index < -0.39 is 0 Å². The van der Waals surface area contributed by atoms with Gasteiger partial charge in [0.25, 0.3) is 5.56 Å². The molecule has 0 saturated carbocycles. The number of unbranched alkanes of at least 4 members (excludes halogenated alkanes) is 2. The molecular formula is C20H26ClN3O3S. The predicted molar refractivity (Wildman–Crippen MR) is 113 cm³/mol. The van der Waals surface area contributed by atoms with Gasteiger partial charge in [-0.1, -0.05) is 43.1 Å². The van der Waals surface area contributed by atoms with E-state index in [0.717, 1.165) is 38.7 Å². The van der Waals surface area contributed by atoms with Crippen LogP contribution in [-0.4, -0.2) is 40.5 Å². The summed E-state index contributed by atoms with van der Waals surface area (Å²) in [6.07, 6.45) is 5.12. The van der Waals surface area contributed by atoms with Gasteiger partial charge in [-0.15, -0.1) is 0 Å². The van der Waals surface area contributed by atoms with E-state index in [1.165, 1.54) is 11.8 Å². The standard InChI is InChI=1S/C20H26ClN3O3S/c1-2-3-4-9-22-18(25)13-28-20-23-17-11-14(21)7-8-16(17)19(26)24(20)12-15-6-5-10-27-15/h7-8,11,15H,2-6,9-10,12-13H2,1H3,(H,22,25)/t15-/m1/s1. The van der Waals surface area contributed by atoms with E-state index in [-0.39, 0.29) is 23.3 Å². The number of amides is 1. The summed E-state index contributed by atoms with van der Waals surface area (Å²) in [7, 11) is 0. The van der Waals surface area contributed by atoms with Crippen LogP contribution in [-0.2, 0) is 16.1 Å². The number of nitrogens with zero attached hydrogens (tertiary/aromatic N) is 2. The molecule has 1 N–H and O–H groups in total. The predicted octanol–water partition coefficient (Wildman–Crippen LogP) is 3.63. The molecule has 2 heterocycles. The van der Waals surface area contributed by atoms with E-state index >= 15 is 0 Å². The normalized spacial score (nSPS) is 16.6. The van der Waals surface area contributed by atoms with Crippen molar-refractivity contribution in [2.75, 3.05) is 18.9 Å². The lowest BCUT2D eigenvalue weighted by Crippen LogP contribution is -2.30. The van der Waals surface area contributed by atoms with E-state index in [1.807, 2.05) is 0 Å². The number of rotatable bonds is 9. The fraction of sp³-hybridized carbons (Fsp3) is 0.550. The van der Waals surface area contributed by atoms with Crippen molar-refractivity contribution in [3.63, 3.8) is 0 Å². The fourth-order valence-corrected chi connectivity index (χ4v) is 4.23. The van der Waals surface area contributed by atoms with E-state index in [9.17, 15) is 9.59 Å². The summed E-state index contributed by atoms with van der Waals surface area (Å²) < 4.78 is 7.34. The second kappa shape index (κ2) is 10.3. The lowest BCUT2D eigenvalue weighted by Gasteiger charge is -2.16. The van der Waals surface area contributed by atoms with Gasteiger partial charge in [-0.05, 0) is 37.5 Å². The summed E-state index contributed by atoms with van der Waals surface area (Å²) in [6, 6.07) is 5.08. The van der Waals surface area contributed by atoms with Gasteiger partial charge in [0.15, 0.2) is 5.16 Å². The molecule has 0 spiro atoms. The Balaban J connectivity index is 1.79. The third-order valence-electron chi connectivity index (χ3n) is 4.73. The number of nitrogens with one attached hydrogen (secondary N) is 1. The lowest BCUT2D eigenvalue weighted by atomic mass is 10.2. The van der Waals surface area contributed by atoms with Crippen LogP contribution in [0.1, 0.15) is 39.0 Å². The van der Waals surface area contributed by atoms with Gasteiger partial charge in [0, 0.05) is 18.2 Å². The third kappa shape index (κ3) is 5.49. The van der Waals surface area contributed by atoms with E-state index in [1.54, 1.807) is 22.8 Å². The highest BCUT2D eigenvalue weighted by Crippen LogP contribution is 2.22. The maximum absolute atomic E-state index is 13.0. The summed E-state index contributed by atoms with van der Waals surface area (Å²) in [4.78, 5) is 29.8. The Hall–Kier alpha value is -1.57. The van der Waals surface area contributed by atoms with E-state index in [4.69, 9.17) is 16.3 Å². The van der Waals surface area contributed by atoms with Crippen LogP contribution in [0.4, 0.5) is 0 Å². The first-order chi connectivity index (χ1) is 13.6. The average Bonchev–Trinajstić information content (AvgIpc) is 3.19. The maximum Gasteiger partial charge on any atom is 0.262 e. The van der Waals surface area contributed by atoms with Gasteiger partial charge in [-0.25, -0.2) is 4.98 Å². The topological polar surface area (TPSA) is 73.2 Å². The number of fused-ring (bicyclic) bond motifs is 1. The molecular weight excluding hydrogens is 398 g/mol. The Bertz CT molecular complexity index is 881. The molecule has 6 nitrogen and oxygen atoms in total. The maximum atomic E-state index is 13.0. The Labute approximate surface area is 174 Å². The number of halogens is 1. The van der Waals surface area contributed by atoms with Crippen LogP contribution < -0.4 is 10.9 Å². The zero-order chi connectivity index (χ0) is 19.9. The molecule has 1 amide bonds. The van der Waals surface area contributed by atoms with Crippen molar-refractivity contribution in [1.82, 2.24) is 14.9 Å². The molecule has 8 heteroatoms. The molecule has 1 aliphatic heterocycles. The summed E-state index contributed by atoms with van der Waals surface area (Å²) in [6.45, 7) is 3.98. The zero-order valence-electron chi connectivity index (χ0n) is 16.1. The zero-order valence-corrected chi connectivity index (χ0v) is 17.7. The van der Waals surface area contributed by atoms with Gasteiger partial charge in [0.05, 0.1) is 29.3 Å². The van der Waals surface area contributed by atoms with Crippen molar-refractivity contribution in [3.8, 4) is 0 Å². The quantitative estimate of drug-likeness (QED) is 0.378. The SMILES string of the molecule is CCCCCNC(=O)CSc1nc2cc(Cl)ccc2c(=O)n1C[C@H]1CCCO1. The minimum atomic E-state index is -0.122.